The molecular weight excluding hydrogens is 250 g/mol. The summed E-state index contributed by atoms with van der Waals surface area (Å²) in [6.07, 6.45) is 0. The molecule has 0 fully saturated rings. The summed E-state index contributed by atoms with van der Waals surface area (Å²) in [6.45, 7) is 4.66. The molecule has 0 aromatic carbocycles. The normalized spacial score (nSPS) is 11.8. The molecule has 0 bridgehead atoms. The van der Waals surface area contributed by atoms with Gasteiger partial charge in [0.05, 0.1) is 11.0 Å². The highest BCUT2D eigenvalue weighted by atomic mass is 32.1. The third kappa shape index (κ3) is 2.69. The van der Waals surface area contributed by atoms with Gasteiger partial charge in [-0.2, -0.15) is 4.98 Å². The van der Waals surface area contributed by atoms with Gasteiger partial charge in [-0.25, -0.2) is 10.8 Å². The van der Waals surface area contributed by atoms with E-state index in [-0.39, 0.29) is 5.60 Å². The second-order valence-electron chi connectivity index (χ2n) is 4.50. The number of anilines is 2. The van der Waals surface area contributed by atoms with Crippen LogP contribution >= 0.6 is 11.3 Å². The highest BCUT2D eigenvalue weighted by Crippen LogP contribution is 2.26. The Bertz CT molecular complexity index is 539. The van der Waals surface area contributed by atoms with Gasteiger partial charge in [-0.1, -0.05) is 0 Å². The molecule has 0 amide bonds. The molecule has 0 unspecified atom stereocenters. The van der Waals surface area contributed by atoms with Crippen molar-refractivity contribution in [2.45, 2.75) is 19.4 Å². The van der Waals surface area contributed by atoms with Crippen molar-refractivity contribution in [2.24, 2.45) is 5.84 Å². The van der Waals surface area contributed by atoms with Gasteiger partial charge in [0.25, 0.3) is 0 Å². The van der Waals surface area contributed by atoms with E-state index >= 15 is 0 Å². The van der Waals surface area contributed by atoms with E-state index in [1.54, 1.807) is 18.4 Å². The number of methoxy groups -OCH3 is 1. The third-order valence-electron chi connectivity index (χ3n) is 2.69. The van der Waals surface area contributed by atoms with E-state index in [1.807, 2.05) is 25.3 Å². The topological polar surface area (TPSA) is 85.1 Å². The maximum Gasteiger partial charge on any atom is 0.240 e. The summed E-state index contributed by atoms with van der Waals surface area (Å²) >= 11 is 1.55. The quantitative estimate of drug-likeness (QED) is 0.566. The zero-order chi connectivity index (χ0) is 13.2. The monoisotopic (exact) mass is 267 g/mol. The molecule has 4 N–H and O–H groups in total. The van der Waals surface area contributed by atoms with Crippen LogP contribution in [0.5, 0.6) is 0 Å². The Balaban J connectivity index is 2.28. The molecule has 0 saturated carbocycles. The molecule has 0 spiro atoms. The van der Waals surface area contributed by atoms with E-state index in [0.29, 0.717) is 12.5 Å². The molecule has 2 heterocycles. The van der Waals surface area contributed by atoms with Gasteiger partial charge in [-0.15, -0.1) is 11.3 Å². The summed E-state index contributed by atoms with van der Waals surface area (Å²) in [5, 5.41) is 6.24. The molecule has 6 nitrogen and oxygen atoms in total. The Morgan fingerprint density at radius 2 is 2.22 bits per heavy atom. The number of hydrogen-bond acceptors (Lipinski definition) is 7. The van der Waals surface area contributed by atoms with Crippen LogP contribution in [0.25, 0.3) is 10.2 Å². The summed E-state index contributed by atoms with van der Waals surface area (Å²) in [5.41, 5.74) is 2.21. The molecule has 18 heavy (non-hydrogen) atoms. The predicted molar refractivity (Wildman–Crippen MR) is 74.8 cm³/mol. The average molecular weight is 267 g/mol. The van der Waals surface area contributed by atoms with Crippen LogP contribution in [0.1, 0.15) is 13.8 Å². The van der Waals surface area contributed by atoms with Crippen molar-refractivity contribution >= 4 is 33.3 Å². The first-order valence-electron chi connectivity index (χ1n) is 5.56. The minimum Gasteiger partial charge on any atom is -0.377 e. The maximum atomic E-state index is 5.37. The minimum atomic E-state index is -0.260. The van der Waals surface area contributed by atoms with Gasteiger partial charge < -0.3 is 10.1 Å². The Morgan fingerprint density at radius 1 is 1.44 bits per heavy atom. The lowest BCUT2D eigenvalue weighted by molar-refractivity contribution is 0.0343. The predicted octanol–water partition coefficient (Wildman–Crippen LogP) is 1.81. The smallest absolute Gasteiger partial charge is 0.240 e. The van der Waals surface area contributed by atoms with Crippen LogP contribution in [-0.2, 0) is 4.74 Å². The molecular formula is C11H17N5OS. The number of nitrogen functional groups attached to an aromatic ring is 1. The second kappa shape index (κ2) is 5.05. The van der Waals surface area contributed by atoms with Crippen LogP contribution in [0.4, 0.5) is 11.8 Å². The first kappa shape index (κ1) is 13.0. The van der Waals surface area contributed by atoms with Crippen molar-refractivity contribution in [3.63, 3.8) is 0 Å². The molecule has 2 rings (SSSR count). The summed E-state index contributed by atoms with van der Waals surface area (Å²) in [5.74, 6) is 6.53. The summed E-state index contributed by atoms with van der Waals surface area (Å²) in [4.78, 5) is 9.50. The van der Waals surface area contributed by atoms with Crippen molar-refractivity contribution in [3.8, 4) is 0 Å². The molecule has 0 saturated heterocycles. The van der Waals surface area contributed by atoms with Gasteiger partial charge in [0.1, 0.15) is 10.6 Å². The highest BCUT2D eigenvalue weighted by molar-refractivity contribution is 7.16. The lowest BCUT2D eigenvalue weighted by Gasteiger charge is -2.23. The zero-order valence-electron chi connectivity index (χ0n) is 10.7. The number of hydrogen-bond donors (Lipinski definition) is 3. The Labute approximate surface area is 110 Å². The van der Waals surface area contributed by atoms with Crippen molar-refractivity contribution in [3.05, 3.63) is 11.4 Å². The average Bonchev–Trinajstić information content (AvgIpc) is 2.84. The van der Waals surface area contributed by atoms with Crippen LogP contribution in [0.3, 0.4) is 0 Å². The second-order valence-corrected chi connectivity index (χ2v) is 5.39. The van der Waals surface area contributed by atoms with Crippen molar-refractivity contribution in [2.75, 3.05) is 24.4 Å². The first-order valence-corrected chi connectivity index (χ1v) is 6.44. The van der Waals surface area contributed by atoms with E-state index < -0.39 is 0 Å². The molecule has 2 aromatic rings. The van der Waals surface area contributed by atoms with Gasteiger partial charge >= 0.3 is 0 Å². The number of rotatable bonds is 5. The van der Waals surface area contributed by atoms with Crippen LogP contribution in [0.2, 0.25) is 0 Å². The standard InChI is InChI=1S/C11H17N5OS/c1-11(2,17-3)6-13-8-7-4-5-18-9(7)15-10(14-8)16-12/h4-5H,6,12H2,1-3H3,(H2,13,14,15,16). The fourth-order valence-corrected chi connectivity index (χ4v) is 2.19. The van der Waals surface area contributed by atoms with Gasteiger partial charge in [0.2, 0.25) is 5.95 Å². The summed E-state index contributed by atoms with van der Waals surface area (Å²) < 4.78 is 5.37. The Morgan fingerprint density at radius 3 is 2.89 bits per heavy atom. The molecule has 2 aromatic heterocycles. The number of nitrogens with two attached hydrogens (primary N) is 1. The molecule has 0 aliphatic carbocycles. The van der Waals surface area contributed by atoms with Crippen LogP contribution in [-0.4, -0.2) is 29.2 Å². The van der Waals surface area contributed by atoms with Gasteiger partial charge in [-0.05, 0) is 25.3 Å². The highest BCUT2D eigenvalue weighted by Gasteiger charge is 2.17. The third-order valence-corrected chi connectivity index (χ3v) is 3.49. The fourth-order valence-electron chi connectivity index (χ4n) is 1.42. The van der Waals surface area contributed by atoms with E-state index in [9.17, 15) is 0 Å². The molecule has 0 aliphatic rings. The van der Waals surface area contributed by atoms with E-state index in [1.165, 1.54) is 0 Å². The Hall–Kier alpha value is -1.44. The first-order chi connectivity index (χ1) is 8.55. The minimum absolute atomic E-state index is 0.260. The summed E-state index contributed by atoms with van der Waals surface area (Å²) in [6, 6.07) is 1.99. The SMILES string of the molecule is COC(C)(C)CNc1nc(NN)nc2sccc12. The fraction of sp³-hybridized carbons (Fsp3) is 0.455. The lowest BCUT2D eigenvalue weighted by atomic mass is 10.1. The largest absolute Gasteiger partial charge is 0.377 e. The number of fused-ring (bicyclic) bond motifs is 1. The summed E-state index contributed by atoms with van der Waals surface area (Å²) in [7, 11) is 1.69. The van der Waals surface area contributed by atoms with E-state index in [4.69, 9.17) is 10.6 Å². The Kier molecular flexibility index (Phi) is 3.65. The molecule has 0 aliphatic heterocycles. The van der Waals surface area contributed by atoms with Gasteiger partial charge in [0.15, 0.2) is 0 Å². The van der Waals surface area contributed by atoms with Crippen molar-refractivity contribution in [1.29, 1.82) is 0 Å². The molecule has 7 heteroatoms. The zero-order valence-corrected chi connectivity index (χ0v) is 11.5. The number of nitrogens with one attached hydrogen (secondary N) is 2. The molecule has 98 valence electrons. The van der Waals surface area contributed by atoms with E-state index in [0.717, 1.165) is 16.0 Å². The maximum absolute atomic E-state index is 5.37. The van der Waals surface area contributed by atoms with Crippen LogP contribution in [0.15, 0.2) is 11.4 Å². The van der Waals surface area contributed by atoms with Crippen LogP contribution < -0.4 is 16.6 Å². The van der Waals surface area contributed by atoms with Crippen LogP contribution in [0, 0.1) is 0 Å². The number of ether oxygens (including phenoxy) is 1. The number of hydrazine groups is 1. The lowest BCUT2D eigenvalue weighted by Crippen LogP contribution is -2.32. The number of thiophene rings is 1. The van der Waals surface area contributed by atoms with Crippen molar-refractivity contribution in [1.82, 2.24) is 9.97 Å². The molecule has 0 radical (unpaired) electrons. The number of nitrogens with zero attached hydrogens (tertiary/aromatic N) is 2. The molecule has 0 atom stereocenters. The van der Waals surface area contributed by atoms with Gasteiger partial charge in [0, 0.05) is 13.7 Å². The van der Waals surface area contributed by atoms with Gasteiger partial charge in [-0.3, -0.25) is 5.43 Å². The van der Waals surface area contributed by atoms with Crippen molar-refractivity contribution < 1.29 is 4.74 Å². The number of aromatic nitrogens is 2. The van der Waals surface area contributed by atoms with E-state index in [2.05, 4.69) is 20.7 Å².